The predicted molar refractivity (Wildman–Crippen MR) is 105 cm³/mol. The molecule has 7 nitrogen and oxygen atoms in total. The summed E-state index contributed by atoms with van der Waals surface area (Å²) in [5.74, 6) is -1.79. The van der Waals surface area contributed by atoms with E-state index in [0.717, 1.165) is 11.8 Å². The van der Waals surface area contributed by atoms with Crippen LogP contribution in [0.4, 0.5) is 0 Å². The Morgan fingerprint density at radius 3 is 2.00 bits per heavy atom. The van der Waals surface area contributed by atoms with Gasteiger partial charge < -0.3 is 14.8 Å². The van der Waals surface area contributed by atoms with Crippen LogP contribution >= 0.6 is 11.8 Å². The molecule has 0 saturated heterocycles. The van der Waals surface area contributed by atoms with E-state index in [1.165, 1.54) is 32.0 Å². The Bertz CT molecular complexity index is 911. The Morgan fingerprint density at radius 2 is 1.43 bits per heavy atom. The number of benzene rings is 2. The number of carbonyl (C=O) groups is 4. The summed E-state index contributed by atoms with van der Waals surface area (Å²) in [6.45, 7) is 2.75. The summed E-state index contributed by atoms with van der Waals surface area (Å²) in [6.07, 6.45) is 1.63. The van der Waals surface area contributed by atoms with Gasteiger partial charge in [0.25, 0.3) is 0 Å². The van der Waals surface area contributed by atoms with Crippen molar-refractivity contribution in [3.63, 3.8) is 0 Å². The maximum Gasteiger partial charge on any atom is 0.347 e. The Labute approximate surface area is 166 Å². The molecule has 0 aliphatic rings. The fraction of sp³-hybridized carbons (Fsp3) is 0.200. The van der Waals surface area contributed by atoms with Crippen LogP contribution in [0.2, 0.25) is 0 Å². The Kier molecular flexibility index (Phi) is 7.34. The van der Waals surface area contributed by atoms with E-state index in [1.54, 1.807) is 36.6 Å². The fourth-order valence-corrected chi connectivity index (χ4v) is 2.66. The van der Waals surface area contributed by atoms with Gasteiger partial charge in [0, 0.05) is 6.92 Å². The Morgan fingerprint density at radius 1 is 0.893 bits per heavy atom. The van der Waals surface area contributed by atoms with Gasteiger partial charge in [0.1, 0.15) is 23.1 Å². The summed E-state index contributed by atoms with van der Waals surface area (Å²) in [4.78, 5) is 47.8. The molecule has 0 aliphatic carbocycles. The van der Waals surface area contributed by atoms with Crippen LogP contribution < -0.4 is 14.8 Å². The highest BCUT2D eigenvalue weighted by Gasteiger charge is 2.22. The summed E-state index contributed by atoms with van der Waals surface area (Å²) in [5, 5.41) is 2.16. The fourth-order valence-electron chi connectivity index (χ4n) is 2.27. The van der Waals surface area contributed by atoms with E-state index in [-0.39, 0.29) is 33.6 Å². The van der Waals surface area contributed by atoms with Gasteiger partial charge in [-0.15, -0.1) is 0 Å². The van der Waals surface area contributed by atoms with Gasteiger partial charge >= 0.3 is 11.9 Å². The largest absolute Gasteiger partial charge is 0.424 e. The quantitative estimate of drug-likeness (QED) is 0.587. The highest BCUT2D eigenvalue weighted by molar-refractivity contribution is 8.13. The molecule has 2 aromatic carbocycles. The second kappa shape index (κ2) is 9.70. The van der Waals surface area contributed by atoms with Crippen molar-refractivity contribution in [2.45, 2.75) is 19.9 Å². The summed E-state index contributed by atoms with van der Waals surface area (Å²) in [7, 11) is 0. The van der Waals surface area contributed by atoms with Crippen molar-refractivity contribution in [2.24, 2.45) is 0 Å². The van der Waals surface area contributed by atoms with Crippen LogP contribution in [-0.2, 0) is 9.59 Å². The van der Waals surface area contributed by atoms with Gasteiger partial charge in [-0.3, -0.25) is 9.59 Å². The highest BCUT2D eigenvalue weighted by Crippen LogP contribution is 2.25. The third-order valence-corrected chi connectivity index (χ3v) is 4.18. The first-order valence-electron chi connectivity index (χ1n) is 8.30. The zero-order valence-corrected chi connectivity index (χ0v) is 16.4. The number of esters is 2. The van der Waals surface area contributed by atoms with Crippen molar-refractivity contribution in [3.8, 4) is 11.5 Å². The first-order valence-corrected chi connectivity index (χ1v) is 9.53. The average Bonchev–Trinajstić information content (AvgIpc) is 2.67. The van der Waals surface area contributed by atoms with Crippen molar-refractivity contribution in [2.75, 3.05) is 6.26 Å². The minimum absolute atomic E-state index is 0.0108. The number of hydrogen-bond donors (Lipinski definition) is 1. The Balaban J connectivity index is 2.23. The summed E-state index contributed by atoms with van der Waals surface area (Å²) < 4.78 is 10.6. The number of carbonyl (C=O) groups excluding carboxylic acids is 4. The lowest BCUT2D eigenvalue weighted by atomic mass is 10.2. The van der Waals surface area contributed by atoms with Crippen LogP contribution in [-0.4, -0.2) is 35.3 Å². The average molecular weight is 401 g/mol. The van der Waals surface area contributed by atoms with E-state index in [1.807, 2.05) is 0 Å². The van der Waals surface area contributed by atoms with Gasteiger partial charge in [0.15, 0.2) is 0 Å². The minimum Gasteiger partial charge on any atom is -0.424 e. The van der Waals surface area contributed by atoms with E-state index in [9.17, 15) is 19.2 Å². The van der Waals surface area contributed by atoms with Crippen molar-refractivity contribution < 1.29 is 28.7 Å². The molecule has 0 radical (unpaired) electrons. The number of thioether (sulfide) groups is 1. The van der Waals surface area contributed by atoms with E-state index in [2.05, 4.69) is 5.32 Å². The molecule has 0 aromatic heterocycles. The topological polar surface area (TPSA) is 98.8 Å². The van der Waals surface area contributed by atoms with Gasteiger partial charge in [-0.05, 0) is 37.4 Å². The third kappa shape index (κ3) is 5.43. The summed E-state index contributed by atoms with van der Waals surface area (Å²) in [5.41, 5.74) is 0.273. The molecule has 1 amide bonds. The summed E-state index contributed by atoms with van der Waals surface area (Å²) >= 11 is 1.00. The number of para-hydroxylation sites is 2. The zero-order chi connectivity index (χ0) is 20.7. The molecule has 1 N–H and O–H groups in total. The van der Waals surface area contributed by atoms with Crippen LogP contribution in [0.3, 0.4) is 0 Å². The van der Waals surface area contributed by atoms with Gasteiger partial charge in [-0.2, -0.15) is 0 Å². The van der Waals surface area contributed by atoms with Crippen LogP contribution in [0.25, 0.3) is 0 Å². The lowest BCUT2D eigenvalue weighted by Crippen LogP contribution is -2.39. The van der Waals surface area contributed by atoms with Gasteiger partial charge in [0.05, 0.1) is 5.56 Å². The first-order chi connectivity index (χ1) is 13.3. The van der Waals surface area contributed by atoms with Crippen molar-refractivity contribution in [3.05, 3.63) is 59.7 Å². The van der Waals surface area contributed by atoms with E-state index < -0.39 is 18.0 Å². The van der Waals surface area contributed by atoms with E-state index in [0.29, 0.717) is 0 Å². The van der Waals surface area contributed by atoms with Crippen LogP contribution in [0.5, 0.6) is 11.5 Å². The molecule has 0 bridgehead atoms. The zero-order valence-electron chi connectivity index (χ0n) is 15.6. The second-order valence-electron chi connectivity index (χ2n) is 5.72. The molecular formula is C20H19NO6S. The smallest absolute Gasteiger partial charge is 0.347 e. The molecule has 0 spiro atoms. The molecule has 8 heteroatoms. The predicted octanol–water partition coefficient (Wildman–Crippen LogP) is 2.84. The van der Waals surface area contributed by atoms with E-state index in [4.69, 9.17) is 9.47 Å². The van der Waals surface area contributed by atoms with Gasteiger partial charge in [0.2, 0.25) is 11.0 Å². The maximum atomic E-state index is 12.6. The lowest BCUT2D eigenvalue weighted by Gasteiger charge is -2.14. The normalized spacial score (nSPS) is 11.2. The molecule has 146 valence electrons. The maximum absolute atomic E-state index is 12.6. The number of hydrogen-bond acceptors (Lipinski definition) is 7. The van der Waals surface area contributed by atoms with Crippen molar-refractivity contribution in [1.29, 1.82) is 0 Å². The molecule has 1 atom stereocenters. The third-order valence-electron chi connectivity index (χ3n) is 3.59. The lowest BCUT2D eigenvalue weighted by molar-refractivity contribution is -0.138. The standard InChI is InChI=1S/C20H19NO6S/c1-12(21-13(2)22)18(23)26-16-10-6-4-8-14(16)19(24)27-17-11-7-5-9-15(17)20(25)28-3/h4-12H,1-3H3,(H,21,22). The summed E-state index contributed by atoms with van der Waals surface area (Å²) in [6, 6.07) is 11.5. The minimum atomic E-state index is -0.887. The van der Waals surface area contributed by atoms with Gasteiger partial charge in [-0.25, -0.2) is 9.59 Å². The van der Waals surface area contributed by atoms with Crippen LogP contribution in [0.1, 0.15) is 34.6 Å². The number of ether oxygens (including phenoxy) is 2. The molecule has 1 unspecified atom stereocenters. The molecular weight excluding hydrogens is 382 g/mol. The van der Waals surface area contributed by atoms with Crippen molar-refractivity contribution >= 4 is 34.7 Å². The molecule has 0 saturated carbocycles. The molecule has 0 heterocycles. The molecule has 28 heavy (non-hydrogen) atoms. The number of nitrogens with one attached hydrogen (secondary N) is 1. The van der Waals surface area contributed by atoms with Gasteiger partial charge in [-0.1, -0.05) is 36.0 Å². The Hall–Kier alpha value is -3.13. The van der Waals surface area contributed by atoms with Crippen LogP contribution in [0.15, 0.2) is 48.5 Å². The van der Waals surface area contributed by atoms with E-state index >= 15 is 0 Å². The van der Waals surface area contributed by atoms with Crippen molar-refractivity contribution in [1.82, 2.24) is 5.32 Å². The highest BCUT2D eigenvalue weighted by atomic mass is 32.2. The molecule has 2 aromatic rings. The monoisotopic (exact) mass is 401 g/mol. The molecule has 2 rings (SSSR count). The SMILES string of the molecule is CSC(=O)c1ccccc1OC(=O)c1ccccc1OC(=O)C(C)NC(C)=O. The number of rotatable bonds is 6. The van der Waals surface area contributed by atoms with Crippen LogP contribution in [0, 0.1) is 0 Å². The number of amides is 1. The molecule has 0 fully saturated rings. The molecule has 0 aliphatic heterocycles. The second-order valence-corrected chi connectivity index (χ2v) is 6.50. The first kappa shape index (κ1) is 21.2.